The number of piperazine rings is 1. The van der Waals surface area contributed by atoms with Crippen molar-refractivity contribution in [3.8, 4) is 11.5 Å². The molecular formula is C19H19ClN4O3S. The van der Waals surface area contributed by atoms with Crippen molar-refractivity contribution in [3.05, 3.63) is 41.0 Å². The molecule has 146 valence electrons. The minimum Gasteiger partial charge on any atom is -0.493 e. The maximum Gasteiger partial charge on any atom is 0.254 e. The number of ether oxygens (including phenoxy) is 2. The van der Waals surface area contributed by atoms with E-state index in [0.29, 0.717) is 48.3 Å². The highest BCUT2D eigenvalue weighted by Gasteiger charge is 2.25. The van der Waals surface area contributed by atoms with Crippen molar-refractivity contribution in [2.24, 2.45) is 0 Å². The van der Waals surface area contributed by atoms with Gasteiger partial charge in [-0.05, 0) is 24.3 Å². The number of aromatic nitrogens is 2. The molecule has 2 aromatic heterocycles. The summed E-state index contributed by atoms with van der Waals surface area (Å²) in [6.07, 6.45) is 1.77. The number of hydrogen-bond acceptors (Lipinski definition) is 7. The number of nitrogens with zero attached hydrogens (tertiary/aromatic N) is 4. The monoisotopic (exact) mass is 418 g/mol. The predicted molar refractivity (Wildman–Crippen MR) is 110 cm³/mol. The Morgan fingerprint density at radius 3 is 2.64 bits per heavy atom. The zero-order valence-electron chi connectivity index (χ0n) is 15.5. The number of carbonyl (C=O) groups excluding carboxylic acids is 1. The SMILES string of the molecule is COc1cc(C(=O)N2CCN(c3nc4cccnc4s3)CC2)cc(Cl)c1OC. The maximum atomic E-state index is 12.9. The topological polar surface area (TPSA) is 67.8 Å². The summed E-state index contributed by atoms with van der Waals surface area (Å²) in [5.74, 6) is 0.794. The first-order valence-electron chi connectivity index (χ1n) is 8.78. The average Bonchev–Trinajstić information content (AvgIpc) is 3.17. The van der Waals surface area contributed by atoms with Gasteiger partial charge in [0, 0.05) is 37.9 Å². The second kappa shape index (κ2) is 7.81. The highest BCUT2D eigenvalue weighted by molar-refractivity contribution is 7.21. The van der Waals surface area contributed by atoms with Gasteiger partial charge in [-0.3, -0.25) is 4.79 Å². The quantitative estimate of drug-likeness (QED) is 0.647. The third kappa shape index (κ3) is 3.45. The first-order chi connectivity index (χ1) is 13.6. The number of benzene rings is 1. The summed E-state index contributed by atoms with van der Waals surface area (Å²) in [7, 11) is 3.04. The van der Waals surface area contributed by atoms with Crippen LogP contribution in [0.15, 0.2) is 30.5 Å². The van der Waals surface area contributed by atoms with E-state index in [4.69, 9.17) is 21.1 Å². The fraction of sp³-hybridized carbons (Fsp3) is 0.316. The van der Waals surface area contributed by atoms with Gasteiger partial charge in [-0.2, -0.15) is 0 Å². The first kappa shape index (κ1) is 18.8. The molecule has 7 nitrogen and oxygen atoms in total. The second-order valence-electron chi connectivity index (χ2n) is 6.30. The summed E-state index contributed by atoms with van der Waals surface area (Å²) in [5.41, 5.74) is 1.39. The van der Waals surface area contributed by atoms with Crippen molar-refractivity contribution in [1.29, 1.82) is 0 Å². The van der Waals surface area contributed by atoms with Gasteiger partial charge >= 0.3 is 0 Å². The van der Waals surface area contributed by atoms with E-state index in [2.05, 4.69) is 14.9 Å². The van der Waals surface area contributed by atoms with Gasteiger partial charge in [-0.15, -0.1) is 0 Å². The molecular weight excluding hydrogens is 400 g/mol. The Morgan fingerprint density at radius 2 is 1.96 bits per heavy atom. The Labute approximate surface area is 171 Å². The summed E-state index contributed by atoms with van der Waals surface area (Å²) in [4.78, 5) is 26.9. The van der Waals surface area contributed by atoms with Crippen LogP contribution in [0, 0.1) is 0 Å². The molecule has 4 rings (SSSR count). The number of hydrogen-bond donors (Lipinski definition) is 0. The van der Waals surface area contributed by atoms with Crippen molar-refractivity contribution in [2.75, 3.05) is 45.3 Å². The molecule has 0 saturated carbocycles. The number of pyridine rings is 1. The van der Waals surface area contributed by atoms with Crippen molar-refractivity contribution < 1.29 is 14.3 Å². The lowest BCUT2D eigenvalue weighted by Crippen LogP contribution is -2.48. The van der Waals surface area contributed by atoms with Gasteiger partial charge in [-0.25, -0.2) is 9.97 Å². The van der Waals surface area contributed by atoms with E-state index in [0.717, 1.165) is 15.5 Å². The molecule has 9 heteroatoms. The molecule has 0 radical (unpaired) electrons. The summed E-state index contributed by atoms with van der Waals surface area (Å²) < 4.78 is 10.5. The average molecular weight is 419 g/mol. The second-order valence-corrected chi connectivity index (χ2v) is 7.66. The van der Waals surface area contributed by atoms with Gasteiger partial charge in [0.25, 0.3) is 5.91 Å². The van der Waals surface area contributed by atoms with E-state index in [1.54, 1.807) is 29.7 Å². The van der Waals surface area contributed by atoms with E-state index in [1.165, 1.54) is 14.2 Å². The summed E-state index contributed by atoms with van der Waals surface area (Å²) in [6.45, 7) is 2.64. The number of methoxy groups -OCH3 is 2. The van der Waals surface area contributed by atoms with Crippen molar-refractivity contribution in [3.63, 3.8) is 0 Å². The van der Waals surface area contributed by atoms with Gasteiger partial charge in [0.1, 0.15) is 10.3 Å². The summed E-state index contributed by atoms with van der Waals surface area (Å²) in [5, 5.41) is 1.29. The number of thiazole rings is 1. The molecule has 3 aromatic rings. The van der Waals surface area contributed by atoms with E-state index in [1.807, 2.05) is 17.0 Å². The smallest absolute Gasteiger partial charge is 0.254 e. The standard InChI is InChI=1S/C19H19ClN4O3S/c1-26-15-11-12(10-13(20)16(15)27-2)18(25)23-6-8-24(9-7-23)19-22-14-4-3-5-21-17(14)28-19/h3-5,10-11H,6-9H2,1-2H3. The number of fused-ring (bicyclic) bond motifs is 1. The Balaban J connectivity index is 1.47. The lowest BCUT2D eigenvalue weighted by atomic mass is 10.1. The van der Waals surface area contributed by atoms with Crippen LogP contribution >= 0.6 is 22.9 Å². The van der Waals surface area contributed by atoms with E-state index in [9.17, 15) is 4.79 Å². The minimum atomic E-state index is -0.0755. The summed E-state index contributed by atoms with van der Waals surface area (Å²) >= 11 is 7.81. The van der Waals surface area contributed by atoms with Crippen LogP contribution in [0.3, 0.4) is 0 Å². The lowest BCUT2D eigenvalue weighted by molar-refractivity contribution is 0.0746. The molecule has 3 heterocycles. The van der Waals surface area contributed by atoms with Gasteiger partial charge in [-0.1, -0.05) is 22.9 Å². The molecule has 1 fully saturated rings. The molecule has 1 saturated heterocycles. The third-order valence-corrected chi connectivity index (χ3v) is 5.99. The van der Waals surface area contributed by atoms with Crippen LogP contribution in [-0.2, 0) is 0 Å². The predicted octanol–water partition coefficient (Wildman–Crippen LogP) is 3.32. The number of halogens is 1. The maximum absolute atomic E-state index is 12.9. The van der Waals surface area contributed by atoms with Crippen LogP contribution in [0.2, 0.25) is 5.02 Å². The normalized spacial score (nSPS) is 14.4. The Kier molecular flexibility index (Phi) is 5.23. The zero-order valence-corrected chi connectivity index (χ0v) is 17.1. The van der Waals surface area contributed by atoms with E-state index < -0.39 is 0 Å². The van der Waals surface area contributed by atoms with Crippen molar-refractivity contribution in [2.45, 2.75) is 0 Å². The number of amides is 1. The van der Waals surface area contributed by atoms with Gasteiger partial charge < -0.3 is 19.3 Å². The number of rotatable bonds is 4. The largest absolute Gasteiger partial charge is 0.493 e. The fourth-order valence-electron chi connectivity index (χ4n) is 3.22. The Morgan fingerprint density at radius 1 is 1.18 bits per heavy atom. The molecule has 1 amide bonds. The molecule has 1 aliphatic heterocycles. The Bertz CT molecular complexity index is 985. The van der Waals surface area contributed by atoms with Crippen molar-refractivity contribution in [1.82, 2.24) is 14.9 Å². The number of carbonyl (C=O) groups is 1. The van der Waals surface area contributed by atoms with Crippen LogP contribution < -0.4 is 14.4 Å². The highest BCUT2D eigenvalue weighted by atomic mass is 35.5. The third-order valence-electron chi connectivity index (χ3n) is 4.67. The molecule has 28 heavy (non-hydrogen) atoms. The lowest BCUT2D eigenvalue weighted by Gasteiger charge is -2.34. The molecule has 0 spiro atoms. The van der Waals surface area contributed by atoms with Crippen LogP contribution in [0.5, 0.6) is 11.5 Å². The van der Waals surface area contributed by atoms with Crippen LogP contribution in [0.25, 0.3) is 10.3 Å². The molecule has 0 atom stereocenters. The molecule has 1 aromatic carbocycles. The number of anilines is 1. The van der Waals surface area contributed by atoms with Gasteiger partial charge in [0.15, 0.2) is 16.6 Å². The highest BCUT2D eigenvalue weighted by Crippen LogP contribution is 2.36. The van der Waals surface area contributed by atoms with Crippen LogP contribution in [0.4, 0.5) is 5.13 Å². The molecule has 1 aliphatic rings. The zero-order chi connectivity index (χ0) is 19.7. The first-order valence-corrected chi connectivity index (χ1v) is 9.97. The molecule has 0 unspecified atom stereocenters. The molecule has 0 N–H and O–H groups in total. The van der Waals surface area contributed by atoms with Gasteiger partial charge in [0.2, 0.25) is 0 Å². The molecule has 0 bridgehead atoms. The Hall–Kier alpha value is -2.58. The minimum absolute atomic E-state index is 0.0755. The van der Waals surface area contributed by atoms with Gasteiger partial charge in [0.05, 0.1) is 19.2 Å². The van der Waals surface area contributed by atoms with E-state index >= 15 is 0 Å². The van der Waals surface area contributed by atoms with Crippen LogP contribution in [0.1, 0.15) is 10.4 Å². The fourth-order valence-corrected chi connectivity index (χ4v) is 4.47. The van der Waals surface area contributed by atoms with Crippen molar-refractivity contribution >= 4 is 44.3 Å². The van der Waals surface area contributed by atoms with Crippen LogP contribution in [-0.4, -0.2) is 61.2 Å². The molecule has 0 aliphatic carbocycles. The van der Waals surface area contributed by atoms with E-state index in [-0.39, 0.29) is 5.91 Å². The summed E-state index contributed by atoms with van der Waals surface area (Å²) in [6, 6.07) is 7.13.